The van der Waals surface area contributed by atoms with Crippen LogP contribution < -0.4 is 10.6 Å². The molecular formula is C45H92N2O3. The van der Waals surface area contributed by atoms with E-state index >= 15 is 0 Å². The summed E-state index contributed by atoms with van der Waals surface area (Å²) in [6, 6.07) is -0.00806. The fourth-order valence-electron chi connectivity index (χ4n) is 7.01. The highest BCUT2D eigenvalue weighted by Crippen LogP contribution is 2.22. The van der Waals surface area contributed by atoms with Crippen molar-refractivity contribution in [2.75, 3.05) is 26.8 Å². The van der Waals surface area contributed by atoms with Gasteiger partial charge in [0, 0.05) is 20.2 Å². The molecular weight excluding hydrogens is 617 g/mol. The Bertz CT molecular complexity index is 680. The topological polar surface area (TPSA) is 59.6 Å². The quantitative estimate of drug-likeness (QED) is 0.0625. The molecule has 2 N–H and O–H groups in total. The second-order valence-corrected chi connectivity index (χ2v) is 17.0. The summed E-state index contributed by atoms with van der Waals surface area (Å²) < 4.78 is 11.7. The number of hydrogen-bond acceptors (Lipinski definition) is 3. The van der Waals surface area contributed by atoms with Crippen LogP contribution in [0, 0.1) is 5.92 Å². The van der Waals surface area contributed by atoms with Gasteiger partial charge in [0.15, 0.2) is 0 Å². The maximum absolute atomic E-state index is 12.7. The van der Waals surface area contributed by atoms with E-state index in [0.29, 0.717) is 19.1 Å². The molecule has 0 aliphatic rings. The van der Waals surface area contributed by atoms with Crippen molar-refractivity contribution >= 4 is 6.03 Å². The smallest absolute Gasteiger partial charge is 0.314 e. The number of carbonyl (C=O) groups excluding carboxylic acids is 1. The molecule has 50 heavy (non-hydrogen) atoms. The largest absolute Gasteiger partial charge is 0.379 e. The molecule has 2 amide bonds. The molecule has 0 aliphatic heterocycles. The molecule has 300 valence electrons. The van der Waals surface area contributed by atoms with Crippen molar-refractivity contribution in [1.82, 2.24) is 10.6 Å². The van der Waals surface area contributed by atoms with Crippen molar-refractivity contribution in [3.8, 4) is 0 Å². The van der Waals surface area contributed by atoms with Crippen LogP contribution in [0.15, 0.2) is 0 Å². The van der Waals surface area contributed by atoms with Crippen molar-refractivity contribution in [1.29, 1.82) is 0 Å². The number of urea groups is 1. The molecule has 0 unspecified atom stereocenters. The van der Waals surface area contributed by atoms with Crippen molar-refractivity contribution in [3.63, 3.8) is 0 Å². The van der Waals surface area contributed by atoms with Gasteiger partial charge in [-0.3, -0.25) is 0 Å². The van der Waals surface area contributed by atoms with E-state index in [0.717, 1.165) is 25.8 Å². The number of carbonyl (C=O) groups is 1. The number of rotatable bonds is 39. The van der Waals surface area contributed by atoms with Crippen LogP contribution in [-0.4, -0.2) is 44.0 Å². The van der Waals surface area contributed by atoms with Gasteiger partial charge >= 0.3 is 6.03 Å². The molecule has 5 heteroatoms. The van der Waals surface area contributed by atoms with Crippen molar-refractivity contribution in [2.24, 2.45) is 5.92 Å². The van der Waals surface area contributed by atoms with Crippen LogP contribution in [0.25, 0.3) is 0 Å². The summed E-state index contributed by atoms with van der Waals surface area (Å²) in [6.07, 6.45) is 41.6. The summed E-state index contributed by atoms with van der Waals surface area (Å²) in [7, 11) is 1.75. The summed E-state index contributed by atoms with van der Waals surface area (Å²) in [4.78, 5) is 12.7. The van der Waals surface area contributed by atoms with E-state index in [1.165, 1.54) is 180 Å². The van der Waals surface area contributed by atoms with E-state index < -0.39 is 0 Å². The highest BCUT2D eigenvalue weighted by atomic mass is 16.5. The molecule has 0 fully saturated rings. The SMILES string of the molecule is CCCCCCCCCCCCCCCC(CCCCCCCCCCCCCCC)CNC(=O)NCCCC(C)(C)OCCC(C)(C)OC. The van der Waals surface area contributed by atoms with Gasteiger partial charge in [-0.05, 0) is 65.7 Å². The average Bonchev–Trinajstić information content (AvgIpc) is 3.09. The summed E-state index contributed by atoms with van der Waals surface area (Å²) in [5.41, 5.74) is -0.359. The van der Waals surface area contributed by atoms with Crippen LogP contribution in [0.2, 0.25) is 0 Å². The van der Waals surface area contributed by atoms with Crippen molar-refractivity contribution in [2.45, 2.75) is 252 Å². The Balaban J connectivity index is 4.28. The highest BCUT2D eigenvalue weighted by molar-refractivity contribution is 5.73. The zero-order valence-electron chi connectivity index (χ0n) is 35.3. The predicted octanol–water partition coefficient (Wildman–Crippen LogP) is 14.3. The third kappa shape index (κ3) is 35.6. The van der Waals surface area contributed by atoms with E-state index in [-0.39, 0.29) is 17.2 Å². The minimum Gasteiger partial charge on any atom is -0.379 e. The monoisotopic (exact) mass is 709 g/mol. The zero-order chi connectivity index (χ0) is 37.0. The molecule has 0 radical (unpaired) electrons. The van der Waals surface area contributed by atoms with Gasteiger partial charge in [-0.1, -0.05) is 181 Å². The molecule has 0 aliphatic carbocycles. The minimum absolute atomic E-state index is 0.00806. The first-order valence-corrected chi connectivity index (χ1v) is 22.4. The van der Waals surface area contributed by atoms with Gasteiger partial charge in [0.25, 0.3) is 0 Å². The fourth-order valence-corrected chi connectivity index (χ4v) is 7.01. The van der Waals surface area contributed by atoms with Gasteiger partial charge in [0.05, 0.1) is 17.8 Å². The van der Waals surface area contributed by atoms with E-state index in [2.05, 4.69) is 52.2 Å². The van der Waals surface area contributed by atoms with Gasteiger partial charge in [0.1, 0.15) is 0 Å². The molecule has 0 saturated carbocycles. The van der Waals surface area contributed by atoms with E-state index in [9.17, 15) is 4.79 Å². The molecule has 5 nitrogen and oxygen atoms in total. The molecule has 0 aromatic heterocycles. The number of nitrogens with one attached hydrogen (secondary N) is 2. The molecule has 0 atom stereocenters. The van der Waals surface area contributed by atoms with Gasteiger partial charge in [-0.15, -0.1) is 0 Å². The predicted molar refractivity (Wildman–Crippen MR) is 220 cm³/mol. The molecule has 0 aromatic carbocycles. The van der Waals surface area contributed by atoms with Crippen molar-refractivity contribution < 1.29 is 14.3 Å². The number of ether oxygens (including phenoxy) is 2. The van der Waals surface area contributed by atoms with E-state index in [1.807, 2.05) is 0 Å². The molecule has 0 spiro atoms. The molecule has 0 saturated heterocycles. The first-order valence-electron chi connectivity index (χ1n) is 22.4. The maximum atomic E-state index is 12.7. The van der Waals surface area contributed by atoms with Crippen LogP contribution in [0.1, 0.15) is 241 Å². The lowest BCUT2D eigenvalue weighted by Gasteiger charge is -2.29. The standard InChI is InChI=1S/C45H92N2O3/c1-8-10-12-14-16-18-20-22-24-26-28-30-32-35-42(36-33-31-29-27-25-23-21-19-17-15-13-11-9-2)41-47-43(48)46-39-34-37-45(5,6)50-40-38-44(3,4)49-7/h42H,8-41H2,1-7H3,(H2,46,47,48). The van der Waals surface area contributed by atoms with Crippen LogP contribution in [0.5, 0.6) is 0 Å². The number of hydrogen-bond donors (Lipinski definition) is 2. The molecule has 0 rings (SSSR count). The van der Waals surface area contributed by atoms with E-state index in [4.69, 9.17) is 9.47 Å². The van der Waals surface area contributed by atoms with Gasteiger partial charge < -0.3 is 20.1 Å². The van der Waals surface area contributed by atoms with Crippen LogP contribution in [0.3, 0.4) is 0 Å². The van der Waals surface area contributed by atoms with Gasteiger partial charge in [-0.25, -0.2) is 4.79 Å². The second-order valence-electron chi connectivity index (χ2n) is 17.0. The Morgan fingerprint density at radius 3 is 1.26 bits per heavy atom. The average molecular weight is 709 g/mol. The molecule has 0 heterocycles. The minimum atomic E-state index is -0.200. The third-order valence-corrected chi connectivity index (χ3v) is 11.0. The summed E-state index contributed by atoms with van der Waals surface area (Å²) in [5, 5.41) is 6.35. The summed E-state index contributed by atoms with van der Waals surface area (Å²) in [5.74, 6) is 0.602. The Kier molecular flexibility index (Phi) is 34.7. The van der Waals surface area contributed by atoms with Gasteiger partial charge in [0.2, 0.25) is 0 Å². The fraction of sp³-hybridized carbons (Fsp3) is 0.978. The third-order valence-electron chi connectivity index (χ3n) is 11.0. The highest BCUT2D eigenvalue weighted by Gasteiger charge is 2.21. The maximum Gasteiger partial charge on any atom is 0.314 e. The van der Waals surface area contributed by atoms with Crippen LogP contribution >= 0.6 is 0 Å². The lowest BCUT2D eigenvalue weighted by molar-refractivity contribution is -0.0616. The lowest BCUT2D eigenvalue weighted by atomic mass is 9.94. The molecule has 0 aromatic rings. The normalized spacial score (nSPS) is 12.2. The first-order chi connectivity index (χ1) is 24.2. The summed E-state index contributed by atoms with van der Waals surface area (Å²) >= 11 is 0. The van der Waals surface area contributed by atoms with Crippen molar-refractivity contribution in [3.05, 3.63) is 0 Å². The Morgan fingerprint density at radius 2 is 0.880 bits per heavy atom. The Morgan fingerprint density at radius 1 is 0.500 bits per heavy atom. The number of unbranched alkanes of at least 4 members (excludes halogenated alkanes) is 24. The second kappa shape index (κ2) is 35.2. The lowest BCUT2D eigenvalue weighted by Crippen LogP contribution is -2.39. The van der Waals surface area contributed by atoms with Crippen LogP contribution in [0.4, 0.5) is 4.79 Å². The van der Waals surface area contributed by atoms with Gasteiger partial charge in [-0.2, -0.15) is 0 Å². The Labute approximate surface area is 314 Å². The van der Waals surface area contributed by atoms with E-state index in [1.54, 1.807) is 7.11 Å². The van der Waals surface area contributed by atoms with Crippen LogP contribution in [-0.2, 0) is 9.47 Å². The number of methoxy groups -OCH3 is 1. The number of amides is 2. The first kappa shape index (κ1) is 49.2. The Hall–Kier alpha value is -0.810. The molecule has 0 bridgehead atoms. The zero-order valence-corrected chi connectivity index (χ0v) is 35.3. The summed E-state index contributed by atoms with van der Waals surface area (Å²) in [6.45, 7) is 15.2.